The fraction of sp³-hybridized carbons (Fsp3) is 0.353. The van der Waals surface area contributed by atoms with Crippen molar-refractivity contribution in [2.75, 3.05) is 25.0 Å². The molecule has 1 saturated carbocycles. The second-order valence-corrected chi connectivity index (χ2v) is 12.1. The molecule has 14 nitrogen and oxygen atoms in total. The third-order valence-electron chi connectivity index (χ3n) is 8.74. The standard InChI is InChI=1S/C34H36F3N9O5/c35-34(36,37)33(50)51-18-20-15-42-46(17-20)25-14-24(27(47)28(25)48)45-19-41-26-29(43-30(44-31(26)45)32(49)39-13-7-12-38)40-16-23(21-8-3-1-4-9-21)22-10-5-2-6-11-22/h1-6,8-11,15,17,19,23-25,27-28,47-48H,7,12-14,16,18,38H2,(H,39,49)(H,40,43,44)/t24-,25+,27+,28-/m1/s1. The smallest absolute Gasteiger partial charge is 0.454 e. The van der Waals surface area contributed by atoms with Crippen LogP contribution in [0.5, 0.6) is 0 Å². The van der Waals surface area contributed by atoms with Gasteiger partial charge in [0.05, 0.1) is 24.6 Å². The molecular weight excluding hydrogens is 671 g/mol. The molecule has 2 aromatic carbocycles. The average molecular weight is 708 g/mol. The van der Waals surface area contributed by atoms with Gasteiger partial charge in [-0.15, -0.1) is 0 Å². The predicted molar refractivity (Wildman–Crippen MR) is 177 cm³/mol. The van der Waals surface area contributed by atoms with Crippen LogP contribution in [0.1, 0.15) is 58.2 Å². The highest BCUT2D eigenvalue weighted by Crippen LogP contribution is 2.40. The van der Waals surface area contributed by atoms with Gasteiger partial charge >= 0.3 is 12.1 Å². The number of hydrogen-bond acceptors (Lipinski definition) is 11. The molecule has 268 valence electrons. The van der Waals surface area contributed by atoms with Gasteiger partial charge in [-0.05, 0) is 30.5 Å². The Morgan fingerprint density at radius 2 is 1.67 bits per heavy atom. The molecule has 0 radical (unpaired) electrons. The number of nitrogens with two attached hydrogens (primary N) is 1. The Labute approximate surface area is 289 Å². The number of carbonyl (C=O) groups is 2. The molecule has 51 heavy (non-hydrogen) atoms. The Morgan fingerprint density at radius 3 is 2.31 bits per heavy atom. The van der Waals surface area contributed by atoms with E-state index in [1.54, 1.807) is 4.57 Å². The molecule has 1 aliphatic carbocycles. The highest BCUT2D eigenvalue weighted by Gasteiger charge is 2.45. The highest BCUT2D eigenvalue weighted by atomic mass is 19.4. The molecule has 0 spiro atoms. The fourth-order valence-electron chi connectivity index (χ4n) is 6.15. The van der Waals surface area contributed by atoms with E-state index in [1.165, 1.54) is 23.4 Å². The van der Waals surface area contributed by atoms with Gasteiger partial charge in [0, 0.05) is 30.8 Å². The SMILES string of the molecule is NCCCNC(=O)c1nc(NCC(c2ccccc2)c2ccccc2)c2ncn([C@@H]3C[C@H](n4cc(COC(=O)C(F)(F)F)cn4)[C@@H](O)[C@H]3O)c2n1. The van der Waals surface area contributed by atoms with Crippen molar-refractivity contribution >= 4 is 28.9 Å². The van der Waals surface area contributed by atoms with E-state index < -0.39 is 49.0 Å². The number of amides is 1. The van der Waals surface area contributed by atoms with E-state index in [0.29, 0.717) is 31.6 Å². The molecule has 0 unspecified atom stereocenters. The number of imidazole rings is 1. The maximum atomic E-state index is 13.2. The second kappa shape index (κ2) is 15.2. The van der Waals surface area contributed by atoms with Crippen LogP contribution in [0, 0.1) is 0 Å². The Bertz CT molecular complexity index is 1920. The van der Waals surface area contributed by atoms with Gasteiger partial charge in [-0.25, -0.2) is 19.7 Å². The first kappa shape index (κ1) is 35.4. The number of anilines is 1. The molecule has 1 amide bonds. The van der Waals surface area contributed by atoms with Crippen molar-refractivity contribution in [2.24, 2.45) is 5.73 Å². The van der Waals surface area contributed by atoms with E-state index in [0.717, 1.165) is 11.1 Å². The second-order valence-electron chi connectivity index (χ2n) is 12.1. The largest absolute Gasteiger partial charge is 0.490 e. The quantitative estimate of drug-likeness (QED) is 0.0892. The summed E-state index contributed by atoms with van der Waals surface area (Å²) < 4.78 is 44.9. The van der Waals surface area contributed by atoms with Gasteiger partial charge in [-0.1, -0.05) is 60.7 Å². The van der Waals surface area contributed by atoms with Crippen molar-refractivity contribution in [3.8, 4) is 0 Å². The number of aliphatic hydroxyl groups excluding tert-OH is 2. The van der Waals surface area contributed by atoms with E-state index in [1.807, 2.05) is 60.7 Å². The fourth-order valence-corrected chi connectivity index (χ4v) is 6.15. The first-order valence-electron chi connectivity index (χ1n) is 16.2. The number of rotatable bonds is 13. The van der Waals surface area contributed by atoms with Crippen LogP contribution in [-0.2, 0) is 16.1 Å². The maximum absolute atomic E-state index is 13.2. The number of benzene rings is 2. The van der Waals surface area contributed by atoms with Crippen molar-refractivity contribution in [1.29, 1.82) is 0 Å². The summed E-state index contributed by atoms with van der Waals surface area (Å²) in [6.07, 6.45) is -3.21. The number of halogens is 3. The number of hydrogen-bond donors (Lipinski definition) is 5. The van der Waals surface area contributed by atoms with Gasteiger partial charge in [-0.2, -0.15) is 18.3 Å². The summed E-state index contributed by atoms with van der Waals surface area (Å²) in [6.45, 7) is 0.379. The summed E-state index contributed by atoms with van der Waals surface area (Å²) in [5.74, 6) is -2.82. The predicted octanol–water partition coefficient (Wildman–Crippen LogP) is 2.86. The number of fused-ring (bicyclic) bond motifs is 1. The molecule has 0 bridgehead atoms. The summed E-state index contributed by atoms with van der Waals surface area (Å²) in [5.41, 5.74) is 8.42. The zero-order valence-corrected chi connectivity index (χ0v) is 27.1. The van der Waals surface area contributed by atoms with E-state index in [-0.39, 0.29) is 35.2 Å². The Balaban J connectivity index is 1.29. The molecule has 6 rings (SSSR count). The van der Waals surface area contributed by atoms with Crippen LogP contribution in [0.25, 0.3) is 11.2 Å². The molecule has 1 fully saturated rings. The monoisotopic (exact) mass is 707 g/mol. The number of aromatic nitrogens is 6. The molecule has 0 saturated heterocycles. The number of esters is 1. The van der Waals surface area contributed by atoms with Gasteiger partial charge in [0.15, 0.2) is 11.5 Å². The van der Waals surface area contributed by atoms with Gasteiger partial charge in [-0.3, -0.25) is 9.48 Å². The van der Waals surface area contributed by atoms with E-state index >= 15 is 0 Å². The zero-order valence-electron chi connectivity index (χ0n) is 27.1. The average Bonchev–Trinajstić information content (AvgIpc) is 3.85. The minimum Gasteiger partial charge on any atom is -0.454 e. The third kappa shape index (κ3) is 7.84. The van der Waals surface area contributed by atoms with Crippen molar-refractivity contribution < 1.29 is 37.7 Å². The Morgan fingerprint density at radius 1 is 1.00 bits per heavy atom. The summed E-state index contributed by atoms with van der Waals surface area (Å²) in [4.78, 5) is 38.0. The lowest BCUT2D eigenvalue weighted by Gasteiger charge is -2.20. The van der Waals surface area contributed by atoms with Gasteiger partial charge in [0.1, 0.15) is 24.3 Å². The number of nitrogens with one attached hydrogen (secondary N) is 2. The number of nitrogens with zero attached hydrogens (tertiary/aromatic N) is 6. The molecule has 4 atom stereocenters. The number of aliphatic hydroxyl groups is 2. The van der Waals surface area contributed by atoms with Crippen LogP contribution >= 0.6 is 0 Å². The van der Waals surface area contributed by atoms with Crippen LogP contribution < -0.4 is 16.4 Å². The van der Waals surface area contributed by atoms with Crippen LogP contribution in [-0.4, -0.2) is 89.4 Å². The molecule has 3 aromatic heterocycles. The highest BCUT2D eigenvalue weighted by molar-refractivity contribution is 5.94. The van der Waals surface area contributed by atoms with Crippen LogP contribution in [0.2, 0.25) is 0 Å². The molecule has 0 aliphatic heterocycles. The van der Waals surface area contributed by atoms with E-state index in [2.05, 4.69) is 35.4 Å². The van der Waals surface area contributed by atoms with E-state index in [9.17, 15) is 33.0 Å². The van der Waals surface area contributed by atoms with Crippen molar-refractivity contribution in [3.05, 3.63) is 102 Å². The number of carbonyl (C=O) groups excluding carboxylic acids is 2. The topological polar surface area (TPSA) is 195 Å². The van der Waals surface area contributed by atoms with Gasteiger partial charge in [0.2, 0.25) is 5.82 Å². The van der Waals surface area contributed by atoms with Crippen molar-refractivity contribution in [1.82, 2.24) is 34.6 Å². The third-order valence-corrected chi connectivity index (χ3v) is 8.74. The summed E-state index contributed by atoms with van der Waals surface area (Å²) in [6, 6.07) is 18.2. The molecule has 5 aromatic rings. The summed E-state index contributed by atoms with van der Waals surface area (Å²) >= 11 is 0. The van der Waals surface area contributed by atoms with Crippen LogP contribution in [0.15, 0.2) is 79.4 Å². The maximum Gasteiger partial charge on any atom is 0.490 e. The Kier molecular flexibility index (Phi) is 10.6. The normalized spacial score (nSPS) is 19.0. The molecule has 1 aliphatic rings. The van der Waals surface area contributed by atoms with Crippen molar-refractivity contribution in [2.45, 2.75) is 55.8 Å². The number of alkyl halides is 3. The lowest BCUT2D eigenvalue weighted by Crippen LogP contribution is -2.31. The van der Waals surface area contributed by atoms with Crippen molar-refractivity contribution in [3.63, 3.8) is 0 Å². The molecular formula is C34H36F3N9O5. The summed E-state index contributed by atoms with van der Waals surface area (Å²) in [7, 11) is 0. The number of ether oxygens (including phenoxy) is 1. The lowest BCUT2D eigenvalue weighted by atomic mass is 9.91. The zero-order chi connectivity index (χ0) is 36.1. The minimum absolute atomic E-state index is 0.0927. The van der Waals surface area contributed by atoms with E-state index in [4.69, 9.17) is 5.73 Å². The summed E-state index contributed by atoms with van der Waals surface area (Å²) in [5, 5.41) is 32.6. The van der Waals surface area contributed by atoms with Gasteiger partial charge in [0.25, 0.3) is 5.91 Å². The first-order chi connectivity index (χ1) is 24.5. The molecule has 6 N–H and O–H groups in total. The minimum atomic E-state index is -5.14. The Hall–Kier alpha value is -5.39. The van der Waals surface area contributed by atoms with Crippen LogP contribution in [0.3, 0.4) is 0 Å². The van der Waals surface area contributed by atoms with Crippen LogP contribution in [0.4, 0.5) is 19.0 Å². The molecule has 17 heteroatoms. The van der Waals surface area contributed by atoms with Gasteiger partial charge < -0.3 is 35.9 Å². The first-order valence-corrected chi connectivity index (χ1v) is 16.2. The lowest BCUT2D eigenvalue weighted by molar-refractivity contribution is -0.201. The molecule has 3 heterocycles.